The van der Waals surface area contributed by atoms with Gasteiger partial charge in [0.25, 0.3) is 0 Å². The largest absolute Gasteiger partial charge is 0.477 e. The number of carbonyl (C=O) groups excluding carboxylic acids is 1. The SMILES string of the molecule is O=Cc1ccc2sc(C(=O)O)cc2c1. The number of hydrogen-bond acceptors (Lipinski definition) is 3. The van der Waals surface area contributed by atoms with Gasteiger partial charge in [0, 0.05) is 10.3 Å². The van der Waals surface area contributed by atoms with Crippen LogP contribution in [0.2, 0.25) is 0 Å². The average Bonchev–Trinajstić information content (AvgIpc) is 2.59. The van der Waals surface area contributed by atoms with Gasteiger partial charge >= 0.3 is 5.97 Å². The smallest absolute Gasteiger partial charge is 0.345 e. The molecule has 0 bridgehead atoms. The first kappa shape index (κ1) is 8.90. The first-order valence-corrected chi connectivity index (χ1v) is 4.74. The van der Waals surface area contributed by atoms with Gasteiger partial charge in [0.1, 0.15) is 11.2 Å². The van der Waals surface area contributed by atoms with Gasteiger partial charge in [0.05, 0.1) is 0 Å². The molecule has 1 heterocycles. The fourth-order valence-electron chi connectivity index (χ4n) is 1.24. The molecule has 0 unspecified atom stereocenters. The summed E-state index contributed by atoms with van der Waals surface area (Å²) in [6.45, 7) is 0. The third kappa shape index (κ3) is 1.40. The molecule has 1 aromatic heterocycles. The minimum Gasteiger partial charge on any atom is -0.477 e. The highest BCUT2D eigenvalue weighted by molar-refractivity contribution is 7.20. The fraction of sp³-hybridized carbons (Fsp3) is 0. The van der Waals surface area contributed by atoms with Crippen LogP contribution in [0.1, 0.15) is 20.0 Å². The van der Waals surface area contributed by atoms with Crippen LogP contribution in [0.5, 0.6) is 0 Å². The zero-order chi connectivity index (χ0) is 10.1. The standard InChI is InChI=1S/C10H6O3S/c11-5-6-1-2-8-7(3-6)4-9(14-8)10(12)13/h1-5H,(H,12,13). The van der Waals surface area contributed by atoms with E-state index in [1.54, 1.807) is 24.3 Å². The van der Waals surface area contributed by atoms with E-state index >= 15 is 0 Å². The van der Waals surface area contributed by atoms with Gasteiger partial charge in [-0.25, -0.2) is 4.79 Å². The van der Waals surface area contributed by atoms with Crippen molar-refractivity contribution in [2.24, 2.45) is 0 Å². The van der Waals surface area contributed by atoms with E-state index < -0.39 is 5.97 Å². The molecular weight excluding hydrogens is 200 g/mol. The lowest BCUT2D eigenvalue weighted by atomic mass is 10.2. The van der Waals surface area contributed by atoms with Gasteiger partial charge in [-0.15, -0.1) is 11.3 Å². The lowest BCUT2D eigenvalue weighted by Gasteiger charge is -1.89. The van der Waals surface area contributed by atoms with Crippen molar-refractivity contribution in [3.8, 4) is 0 Å². The highest BCUT2D eigenvalue weighted by Crippen LogP contribution is 2.26. The Balaban J connectivity index is 2.65. The number of fused-ring (bicyclic) bond motifs is 1. The van der Waals surface area contributed by atoms with E-state index in [9.17, 15) is 9.59 Å². The lowest BCUT2D eigenvalue weighted by Crippen LogP contribution is -1.89. The highest BCUT2D eigenvalue weighted by Gasteiger charge is 2.07. The molecular formula is C10H6O3S. The van der Waals surface area contributed by atoms with Crippen molar-refractivity contribution in [2.45, 2.75) is 0 Å². The van der Waals surface area contributed by atoms with Crippen molar-refractivity contribution in [1.82, 2.24) is 0 Å². The van der Waals surface area contributed by atoms with E-state index in [1.165, 1.54) is 11.3 Å². The van der Waals surface area contributed by atoms with Crippen LogP contribution in [-0.2, 0) is 0 Å². The van der Waals surface area contributed by atoms with Gasteiger partial charge in [0.2, 0.25) is 0 Å². The van der Waals surface area contributed by atoms with Gasteiger partial charge in [-0.3, -0.25) is 4.79 Å². The summed E-state index contributed by atoms with van der Waals surface area (Å²) in [6.07, 6.45) is 0.748. The summed E-state index contributed by atoms with van der Waals surface area (Å²) < 4.78 is 0.882. The molecule has 0 aliphatic rings. The molecule has 1 aromatic carbocycles. The zero-order valence-electron chi connectivity index (χ0n) is 7.06. The van der Waals surface area contributed by atoms with Crippen LogP contribution >= 0.6 is 11.3 Å². The Morgan fingerprint density at radius 2 is 2.14 bits per heavy atom. The second kappa shape index (κ2) is 3.23. The minimum absolute atomic E-state index is 0.294. The molecule has 3 nitrogen and oxygen atoms in total. The van der Waals surface area contributed by atoms with Crippen LogP contribution < -0.4 is 0 Å². The molecule has 1 N–H and O–H groups in total. The quantitative estimate of drug-likeness (QED) is 0.767. The van der Waals surface area contributed by atoms with E-state index in [2.05, 4.69) is 0 Å². The van der Waals surface area contributed by atoms with Crippen molar-refractivity contribution >= 4 is 33.7 Å². The second-order valence-corrected chi connectivity index (χ2v) is 3.91. The predicted molar refractivity (Wildman–Crippen MR) is 54.2 cm³/mol. The van der Waals surface area contributed by atoms with Gasteiger partial charge in [0.15, 0.2) is 0 Å². The number of carbonyl (C=O) groups is 2. The zero-order valence-corrected chi connectivity index (χ0v) is 7.88. The van der Waals surface area contributed by atoms with E-state index in [1.807, 2.05) is 0 Å². The molecule has 0 radical (unpaired) electrons. The molecule has 0 aliphatic carbocycles. The Bertz CT molecular complexity index is 513. The van der Waals surface area contributed by atoms with Crippen LogP contribution in [0, 0.1) is 0 Å². The molecule has 2 aromatic rings. The Kier molecular flexibility index (Phi) is 2.05. The minimum atomic E-state index is -0.932. The van der Waals surface area contributed by atoms with E-state index in [4.69, 9.17) is 5.11 Å². The normalized spacial score (nSPS) is 10.3. The number of rotatable bonds is 2. The van der Waals surface area contributed by atoms with E-state index in [0.717, 1.165) is 16.4 Å². The Morgan fingerprint density at radius 1 is 1.36 bits per heavy atom. The van der Waals surface area contributed by atoms with E-state index in [0.29, 0.717) is 10.4 Å². The number of thiophene rings is 1. The fourth-order valence-corrected chi connectivity index (χ4v) is 2.12. The van der Waals surface area contributed by atoms with Crippen LogP contribution in [0.4, 0.5) is 0 Å². The summed E-state index contributed by atoms with van der Waals surface area (Å²) in [5.41, 5.74) is 0.562. The molecule has 0 fully saturated rings. The molecule has 0 aliphatic heterocycles. The molecule has 0 spiro atoms. The topological polar surface area (TPSA) is 54.4 Å². The van der Waals surface area contributed by atoms with Crippen molar-refractivity contribution < 1.29 is 14.7 Å². The van der Waals surface area contributed by atoms with Crippen LogP contribution in [0.25, 0.3) is 10.1 Å². The average molecular weight is 206 g/mol. The summed E-state index contributed by atoms with van der Waals surface area (Å²) in [7, 11) is 0. The number of aromatic carboxylic acids is 1. The summed E-state index contributed by atoms with van der Waals surface area (Å²) >= 11 is 1.21. The summed E-state index contributed by atoms with van der Waals surface area (Å²) in [5, 5.41) is 9.56. The molecule has 70 valence electrons. The van der Waals surface area contributed by atoms with Crippen molar-refractivity contribution in [3.05, 3.63) is 34.7 Å². The van der Waals surface area contributed by atoms with Crippen molar-refractivity contribution in [3.63, 3.8) is 0 Å². The number of benzene rings is 1. The third-order valence-corrected chi connectivity index (χ3v) is 2.99. The number of hydrogen-bond donors (Lipinski definition) is 1. The van der Waals surface area contributed by atoms with Crippen molar-refractivity contribution in [2.75, 3.05) is 0 Å². The Labute approximate surface area is 83.6 Å². The molecule has 4 heteroatoms. The first-order chi connectivity index (χ1) is 6.70. The van der Waals surface area contributed by atoms with Gasteiger partial charge in [-0.2, -0.15) is 0 Å². The van der Waals surface area contributed by atoms with Crippen LogP contribution in [0.3, 0.4) is 0 Å². The highest BCUT2D eigenvalue weighted by atomic mass is 32.1. The van der Waals surface area contributed by atoms with Crippen LogP contribution in [0.15, 0.2) is 24.3 Å². The Morgan fingerprint density at radius 3 is 2.79 bits per heavy atom. The summed E-state index contributed by atoms with van der Waals surface area (Å²) in [6, 6.07) is 6.70. The van der Waals surface area contributed by atoms with Crippen molar-refractivity contribution in [1.29, 1.82) is 0 Å². The molecule has 0 saturated heterocycles. The molecule has 0 saturated carbocycles. The first-order valence-electron chi connectivity index (χ1n) is 3.93. The molecule has 0 amide bonds. The summed E-state index contributed by atoms with van der Waals surface area (Å²) in [5.74, 6) is -0.932. The predicted octanol–water partition coefficient (Wildman–Crippen LogP) is 2.41. The lowest BCUT2D eigenvalue weighted by molar-refractivity contribution is 0.0702. The van der Waals surface area contributed by atoms with Gasteiger partial charge in [-0.1, -0.05) is 6.07 Å². The van der Waals surface area contributed by atoms with Gasteiger partial charge in [-0.05, 0) is 23.6 Å². The maximum absolute atomic E-state index is 10.7. The summed E-state index contributed by atoms with van der Waals surface area (Å²) in [4.78, 5) is 21.4. The Hall–Kier alpha value is -1.68. The van der Waals surface area contributed by atoms with E-state index in [-0.39, 0.29) is 0 Å². The number of carboxylic acids is 1. The second-order valence-electron chi connectivity index (χ2n) is 2.83. The third-order valence-electron chi connectivity index (χ3n) is 1.89. The van der Waals surface area contributed by atoms with Crippen LogP contribution in [-0.4, -0.2) is 17.4 Å². The number of aldehydes is 1. The number of carboxylic acid groups (broad SMARTS) is 1. The van der Waals surface area contributed by atoms with Gasteiger partial charge < -0.3 is 5.11 Å². The molecule has 14 heavy (non-hydrogen) atoms. The molecule has 0 atom stereocenters. The maximum atomic E-state index is 10.7. The monoisotopic (exact) mass is 206 g/mol. The maximum Gasteiger partial charge on any atom is 0.345 e. The molecule has 2 rings (SSSR count).